The molecule has 0 aromatic carbocycles. The van der Waals surface area contributed by atoms with Crippen LogP contribution in [0.4, 0.5) is 0 Å². The standard InChI is InChI=1S/C54H92O46/c55-1-10-19(59)28(68)34(74)47(90-10)85-8-17-26(66)44(99-53-38(78)30(70)21(61)12(3-57)92-53)41(81)50(96-17)88-6-15-24(64)33(73)36(76)49(95-15)86-9-18-27(67)45(100-54-39(79)31(71)22(62)13(4-58)93-54)42(82)51(97-18)87-5-14-23(63)32(72)35(75)48(94-14)84-7-16-25(65)43(40(80)46(83)89-16)98-52-37(77)29(69)20(60)11(2-56)91-52/h10-83H,1-9H2/t10-,11-,12-,13-,14-,15-,16-,17-,18-,19-,20-,21-,22-,23-,24-,25-,26-,27-,28+,29+,30+,31+,32+,33+,34-,35-,36-,37-,38-,39-,40-,41-,42-,43+,44+,45+,46+,47-,48-,49-,50-,51-,52+,53+,54+/m1/s1. The normalized spacial score (nSPS) is 53.7. The topological polar surface area (TPSA) is 744 Å². The molecule has 0 bridgehead atoms. The molecule has 584 valence electrons. The van der Waals surface area contributed by atoms with Gasteiger partial charge in [0, 0.05) is 0 Å². The molecule has 46 heteroatoms. The van der Waals surface area contributed by atoms with Gasteiger partial charge in [-0.25, -0.2) is 0 Å². The maximum absolute atomic E-state index is 11.8. The summed E-state index contributed by atoms with van der Waals surface area (Å²) in [7, 11) is 0. The van der Waals surface area contributed by atoms with Gasteiger partial charge in [-0.3, -0.25) is 0 Å². The molecule has 45 atom stereocenters. The molecular weight excluding hydrogens is 1380 g/mol. The Morgan fingerprint density at radius 2 is 0.350 bits per heavy atom. The maximum atomic E-state index is 11.8. The van der Waals surface area contributed by atoms with Crippen LogP contribution in [0.15, 0.2) is 0 Å². The van der Waals surface area contributed by atoms with Gasteiger partial charge in [-0.2, -0.15) is 0 Å². The lowest BCUT2D eigenvalue weighted by molar-refractivity contribution is -0.376. The van der Waals surface area contributed by atoms with Gasteiger partial charge in [0.25, 0.3) is 0 Å². The van der Waals surface area contributed by atoms with Gasteiger partial charge in [-0.1, -0.05) is 0 Å². The zero-order valence-electron chi connectivity index (χ0n) is 52.3. The SMILES string of the molecule is OC[C@H]1O[C@@H](OC[C@H]2O[C@@H](OC[C@H]3O[C@@H](OC[C@H]4O[C@@H](OC[C@H]5O[C@@H](OC[C@H]6O[C@H](O)[C@H](O)[C@@H](O[C@@H]7O[C@H](CO)[C@@H](O)[C@H](O)[C@H]7O)[C@@H]6O)[C@H](O)[C@@H](O)[C@@H]5O)[C@H](O)[C@@H](O[C@@H]5O[C@H](CO)[C@@H](O)[C@H](O)[C@H]5O)[C@@H]4O)[C@H](O)[C@@H](O)[C@@H]3O)[C@H](O)[C@@H](O[C@@H]3O[C@H](CO)[C@@H](O)[C@H](O)[C@H]3O)[C@@H]2O)[C@H](O)[C@@H](O)[C@@H]1O. The Balaban J connectivity index is 0.878. The first-order chi connectivity index (χ1) is 47.3. The Bertz CT molecular complexity index is 2450. The van der Waals surface area contributed by atoms with E-state index in [1.165, 1.54) is 0 Å². The van der Waals surface area contributed by atoms with Crippen LogP contribution < -0.4 is 0 Å². The van der Waals surface area contributed by atoms with Gasteiger partial charge in [0.2, 0.25) is 0 Å². The summed E-state index contributed by atoms with van der Waals surface area (Å²) in [6.45, 7) is -8.59. The first-order valence-electron chi connectivity index (χ1n) is 31.7. The van der Waals surface area contributed by atoms with Gasteiger partial charge in [-0.15, -0.1) is 0 Å². The molecule has 100 heavy (non-hydrogen) atoms. The predicted molar refractivity (Wildman–Crippen MR) is 297 cm³/mol. The quantitative estimate of drug-likeness (QED) is 0.0404. The van der Waals surface area contributed by atoms with Gasteiger partial charge in [0.05, 0.1) is 59.5 Å². The van der Waals surface area contributed by atoms with Crippen molar-refractivity contribution in [2.75, 3.05) is 59.5 Å². The number of hydrogen-bond donors (Lipinski definition) is 29. The van der Waals surface area contributed by atoms with E-state index in [9.17, 15) is 148 Å². The molecule has 9 fully saturated rings. The van der Waals surface area contributed by atoms with Crippen LogP contribution in [-0.2, 0) is 80.5 Å². The van der Waals surface area contributed by atoms with Crippen molar-refractivity contribution in [3.05, 3.63) is 0 Å². The zero-order chi connectivity index (χ0) is 73.4. The van der Waals surface area contributed by atoms with Crippen LogP contribution in [0.3, 0.4) is 0 Å². The first kappa shape index (κ1) is 82.2. The maximum Gasteiger partial charge on any atom is 0.187 e. The molecule has 0 spiro atoms. The van der Waals surface area contributed by atoms with Gasteiger partial charge >= 0.3 is 0 Å². The summed E-state index contributed by atoms with van der Waals surface area (Å²) < 4.78 is 95.1. The zero-order valence-corrected chi connectivity index (χ0v) is 52.3. The minimum absolute atomic E-state index is 0.885. The second kappa shape index (κ2) is 35.5. The van der Waals surface area contributed by atoms with E-state index in [0.717, 1.165) is 0 Å². The predicted octanol–water partition coefficient (Wildman–Crippen LogP) is -20.6. The Morgan fingerprint density at radius 3 is 0.600 bits per heavy atom. The summed E-state index contributed by atoms with van der Waals surface area (Å²) in [4.78, 5) is 0. The lowest BCUT2D eigenvalue weighted by Gasteiger charge is -2.47. The fraction of sp³-hybridized carbons (Fsp3) is 1.00. The molecule has 0 unspecified atom stereocenters. The van der Waals surface area contributed by atoms with Crippen LogP contribution >= 0.6 is 0 Å². The number of rotatable bonds is 25. The molecule has 9 heterocycles. The number of aliphatic hydroxyl groups excluding tert-OH is 29. The van der Waals surface area contributed by atoms with Crippen molar-refractivity contribution in [3.63, 3.8) is 0 Å². The Kier molecular flexibility index (Phi) is 29.2. The Labute approximate surface area is 563 Å². The minimum Gasteiger partial charge on any atom is -0.394 e. The lowest BCUT2D eigenvalue weighted by atomic mass is 9.96. The van der Waals surface area contributed by atoms with E-state index < -0.39 is 336 Å². The van der Waals surface area contributed by atoms with E-state index in [0.29, 0.717) is 0 Å². The first-order valence-corrected chi connectivity index (χ1v) is 31.7. The summed E-state index contributed by atoms with van der Waals surface area (Å²) in [5.41, 5.74) is 0. The lowest BCUT2D eigenvalue weighted by Crippen LogP contribution is -2.66. The summed E-state index contributed by atoms with van der Waals surface area (Å²) in [6, 6.07) is 0. The van der Waals surface area contributed by atoms with Crippen LogP contribution in [0.1, 0.15) is 0 Å². The van der Waals surface area contributed by atoms with Crippen molar-refractivity contribution in [1.29, 1.82) is 0 Å². The molecule has 0 aromatic rings. The third-order valence-corrected chi connectivity index (χ3v) is 18.7. The molecule has 0 radical (unpaired) electrons. The Morgan fingerprint density at radius 1 is 0.170 bits per heavy atom. The van der Waals surface area contributed by atoms with Crippen LogP contribution in [-0.4, -0.2) is 484 Å². The largest absolute Gasteiger partial charge is 0.394 e. The number of hydrogen-bond acceptors (Lipinski definition) is 46. The van der Waals surface area contributed by atoms with Crippen molar-refractivity contribution in [1.82, 2.24) is 0 Å². The van der Waals surface area contributed by atoms with Gasteiger partial charge < -0.3 is 229 Å². The molecule has 9 rings (SSSR count). The molecule has 0 saturated carbocycles. The third-order valence-electron chi connectivity index (χ3n) is 18.7. The van der Waals surface area contributed by atoms with Crippen LogP contribution in [0.2, 0.25) is 0 Å². The van der Waals surface area contributed by atoms with Crippen molar-refractivity contribution in [2.24, 2.45) is 0 Å². The molecule has 0 amide bonds. The van der Waals surface area contributed by atoms with Crippen molar-refractivity contribution >= 4 is 0 Å². The van der Waals surface area contributed by atoms with Crippen LogP contribution in [0.5, 0.6) is 0 Å². The molecule has 9 saturated heterocycles. The fourth-order valence-electron chi connectivity index (χ4n) is 12.4. The molecule has 29 N–H and O–H groups in total. The molecule has 46 nitrogen and oxygen atoms in total. The van der Waals surface area contributed by atoms with E-state index in [4.69, 9.17) is 80.5 Å². The molecular formula is C54H92O46. The summed E-state index contributed by atoms with van der Waals surface area (Å²) in [6.07, 6.45) is -89.9. The second-order valence-electron chi connectivity index (χ2n) is 25.4. The minimum atomic E-state index is -2.28. The molecule has 9 aliphatic heterocycles. The van der Waals surface area contributed by atoms with E-state index in [2.05, 4.69) is 0 Å². The smallest absolute Gasteiger partial charge is 0.187 e. The summed E-state index contributed by atoms with van der Waals surface area (Å²) in [5, 5.41) is 310. The van der Waals surface area contributed by atoms with E-state index in [-0.39, 0.29) is 0 Å². The van der Waals surface area contributed by atoms with Crippen molar-refractivity contribution in [3.8, 4) is 0 Å². The third kappa shape index (κ3) is 17.5. The highest BCUT2D eigenvalue weighted by atomic mass is 16.8. The highest BCUT2D eigenvalue weighted by Gasteiger charge is 2.58. The molecule has 0 aliphatic carbocycles. The van der Waals surface area contributed by atoms with Gasteiger partial charge in [0.15, 0.2) is 56.6 Å². The second-order valence-corrected chi connectivity index (χ2v) is 25.4. The molecule has 9 aliphatic rings. The highest BCUT2D eigenvalue weighted by Crippen LogP contribution is 2.37. The van der Waals surface area contributed by atoms with Gasteiger partial charge in [0.1, 0.15) is 220 Å². The fourth-order valence-corrected chi connectivity index (χ4v) is 12.4. The number of ether oxygens (including phenoxy) is 17. The van der Waals surface area contributed by atoms with Crippen LogP contribution in [0.25, 0.3) is 0 Å². The monoisotopic (exact) mass is 1480 g/mol. The number of aliphatic hydroxyl groups is 29. The highest BCUT2D eigenvalue weighted by molar-refractivity contribution is 5.00. The van der Waals surface area contributed by atoms with Crippen molar-refractivity contribution in [2.45, 2.75) is 276 Å². The van der Waals surface area contributed by atoms with E-state index in [1.54, 1.807) is 0 Å². The van der Waals surface area contributed by atoms with E-state index >= 15 is 0 Å². The Hall–Kier alpha value is -1.84. The van der Waals surface area contributed by atoms with Gasteiger partial charge in [-0.05, 0) is 0 Å². The summed E-state index contributed by atoms with van der Waals surface area (Å²) >= 11 is 0. The average Bonchev–Trinajstić information content (AvgIpc) is 0.791. The van der Waals surface area contributed by atoms with Crippen LogP contribution in [0, 0.1) is 0 Å². The molecule has 0 aromatic heterocycles. The van der Waals surface area contributed by atoms with E-state index in [1.807, 2.05) is 0 Å². The summed E-state index contributed by atoms with van der Waals surface area (Å²) in [5.74, 6) is 0. The van der Waals surface area contributed by atoms with Crippen molar-refractivity contribution < 1.29 is 229 Å². The average molecular weight is 1480 g/mol.